The molecule has 6 nitrogen and oxygen atoms in total. The normalized spacial score (nSPS) is 19.1. The molecule has 1 aliphatic carbocycles. The van der Waals surface area contributed by atoms with Crippen LogP contribution in [0.25, 0.3) is 0 Å². The van der Waals surface area contributed by atoms with Crippen LogP contribution in [0.2, 0.25) is 6.32 Å². The molecule has 0 aromatic heterocycles. The summed E-state index contributed by atoms with van der Waals surface area (Å²) in [6.45, 7) is 6.26. The van der Waals surface area contributed by atoms with Crippen molar-refractivity contribution in [3.05, 3.63) is 29.8 Å². The molecule has 0 heterocycles. The number of hydrogen-bond acceptors (Lipinski definition) is 4. The highest BCUT2D eigenvalue weighted by Gasteiger charge is 2.31. The van der Waals surface area contributed by atoms with E-state index in [9.17, 15) is 19.8 Å². The lowest BCUT2D eigenvalue weighted by molar-refractivity contribution is -0.145. The Kier molecular flexibility index (Phi) is 13.9. The number of hydrogen-bond donors (Lipinski definition) is 4. The average molecular weight is 390 g/mol. The van der Waals surface area contributed by atoms with Gasteiger partial charge in [0, 0.05) is 6.54 Å². The van der Waals surface area contributed by atoms with Crippen molar-refractivity contribution >= 4 is 19.7 Å². The number of aromatic hydroxyl groups is 1. The van der Waals surface area contributed by atoms with Crippen molar-refractivity contribution in [3.8, 4) is 5.75 Å². The Hall–Kier alpha value is -2.02. The molecule has 1 aromatic carbocycles. The van der Waals surface area contributed by atoms with Crippen LogP contribution < -0.4 is 11.1 Å². The standard InChI is InChI=1S/C17H24N2O4.C2H5B.C2H6/c18-15(9-11-5-7-13(20)8-6-11)16(21)19-10-12-3-1-2-4-14(12)17(22)23;1-2-3;1-2/h5-8,12,14-15,20H,1-4,9-10,18H2,(H,19,21)(H,22,23);2H2,1H3;1-2H3. The van der Waals surface area contributed by atoms with Crippen LogP contribution in [0, 0.1) is 11.8 Å². The molecule has 2 radical (unpaired) electrons. The second kappa shape index (κ2) is 15.0. The lowest BCUT2D eigenvalue weighted by Crippen LogP contribution is -2.45. The van der Waals surface area contributed by atoms with Gasteiger partial charge in [0.1, 0.15) is 5.75 Å². The molecule has 1 amide bonds. The number of carboxylic acids is 1. The molecule has 0 saturated heterocycles. The fraction of sp³-hybridized carbons (Fsp3) is 0.619. The molecule has 3 atom stereocenters. The van der Waals surface area contributed by atoms with Crippen LogP contribution in [0.5, 0.6) is 5.75 Å². The van der Waals surface area contributed by atoms with Gasteiger partial charge in [-0.1, -0.05) is 52.1 Å². The van der Waals surface area contributed by atoms with Crippen LogP contribution in [0.15, 0.2) is 24.3 Å². The number of phenolic OH excluding ortho intramolecular Hbond substituents is 1. The minimum atomic E-state index is -0.780. The number of benzene rings is 1. The number of carbonyl (C=O) groups excluding carboxylic acids is 1. The van der Waals surface area contributed by atoms with Gasteiger partial charge in [-0.3, -0.25) is 9.59 Å². The third kappa shape index (κ3) is 9.79. The summed E-state index contributed by atoms with van der Waals surface area (Å²) in [7, 11) is 4.85. The molecule has 0 spiro atoms. The number of nitrogens with one attached hydrogen (secondary N) is 1. The first kappa shape index (κ1) is 26.0. The molecule has 1 saturated carbocycles. The highest BCUT2D eigenvalue weighted by molar-refractivity contribution is 6.08. The minimum Gasteiger partial charge on any atom is -0.508 e. The molecule has 156 valence electrons. The van der Waals surface area contributed by atoms with Crippen LogP contribution >= 0.6 is 0 Å². The van der Waals surface area contributed by atoms with Gasteiger partial charge in [-0.2, -0.15) is 0 Å². The van der Waals surface area contributed by atoms with Gasteiger partial charge >= 0.3 is 5.97 Å². The summed E-state index contributed by atoms with van der Waals surface area (Å²) in [5, 5.41) is 21.3. The highest BCUT2D eigenvalue weighted by Crippen LogP contribution is 2.29. The number of aliphatic carboxylic acids is 1. The van der Waals surface area contributed by atoms with Crippen LogP contribution in [0.3, 0.4) is 0 Å². The van der Waals surface area contributed by atoms with E-state index in [1.165, 1.54) is 0 Å². The summed E-state index contributed by atoms with van der Waals surface area (Å²) < 4.78 is 0. The number of nitrogens with two attached hydrogens (primary N) is 1. The number of carbonyl (C=O) groups is 2. The van der Waals surface area contributed by atoms with Crippen LogP contribution in [0.4, 0.5) is 0 Å². The Morgan fingerprint density at radius 3 is 2.29 bits per heavy atom. The van der Waals surface area contributed by atoms with E-state index in [1.54, 1.807) is 24.3 Å². The van der Waals surface area contributed by atoms with Crippen molar-refractivity contribution in [3.63, 3.8) is 0 Å². The molecule has 28 heavy (non-hydrogen) atoms. The smallest absolute Gasteiger partial charge is 0.306 e. The molecule has 0 bridgehead atoms. The summed E-state index contributed by atoms with van der Waals surface area (Å²) in [5.74, 6) is -1.28. The molecule has 0 aliphatic heterocycles. The van der Waals surface area contributed by atoms with E-state index >= 15 is 0 Å². The van der Waals surface area contributed by atoms with Gasteiger partial charge in [-0.25, -0.2) is 0 Å². The second-order valence-corrected chi connectivity index (χ2v) is 6.62. The number of carboxylic acid groups (broad SMARTS) is 1. The van der Waals surface area contributed by atoms with E-state index in [0.717, 1.165) is 31.1 Å². The lowest BCUT2D eigenvalue weighted by atomic mass is 9.79. The molecule has 7 heteroatoms. The average Bonchev–Trinajstić information content (AvgIpc) is 2.70. The van der Waals surface area contributed by atoms with Gasteiger partial charge in [0.05, 0.1) is 19.8 Å². The summed E-state index contributed by atoms with van der Waals surface area (Å²) in [6.07, 6.45) is 4.56. The number of phenols is 1. The predicted octanol–water partition coefficient (Wildman–Crippen LogP) is 2.89. The monoisotopic (exact) mass is 390 g/mol. The quantitative estimate of drug-likeness (QED) is 0.558. The van der Waals surface area contributed by atoms with Crippen molar-refractivity contribution in [2.24, 2.45) is 17.6 Å². The largest absolute Gasteiger partial charge is 0.508 e. The zero-order chi connectivity index (χ0) is 21.5. The van der Waals surface area contributed by atoms with E-state index in [4.69, 9.17) is 13.6 Å². The van der Waals surface area contributed by atoms with E-state index < -0.39 is 12.0 Å². The van der Waals surface area contributed by atoms with Crippen molar-refractivity contribution in [1.82, 2.24) is 5.32 Å². The first-order valence-electron chi connectivity index (χ1n) is 10.1. The highest BCUT2D eigenvalue weighted by atomic mass is 16.4. The van der Waals surface area contributed by atoms with Gasteiger partial charge < -0.3 is 21.3 Å². The molecule has 3 unspecified atom stereocenters. The van der Waals surface area contributed by atoms with E-state index in [0.29, 0.717) is 19.4 Å². The topological polar surface area (TPSA) is 113 Å². The van der Waals surface area contributed by atoms with Crippen molar-refractivity contribution < 1.29 is 19.8 Å². The van der Waals surface area contributed by atoms with Gasteiger partial charge in [-0.05, 0) is 42.9 Å². The van der Waals surface area contributed by atoms with Crippen molar-refractivity contribution in [2.45, 2.75) is 65.2 Å². The first-order chi connectivity index (χ1) is 13.4. The summed E-state index contributed by atoms with van der Waals surface area (Å²) >= 11 is 0. The Balaban J connectivity index is 0.00000133. The Morgan fingerprint density at radius 2 is 1.75 bits per heavy atom. The zero-order valence-electron chi connectivity index (χ0n) is 17.4. The molecule has 1 aromatic rings. The van der Waals surface area contributed by atoms with Gasteiger partial charge in [-0.15, -0.1) is 0 Å². The number of amides is 1. The zero-order valence-corrected chi connectivity index (χ0v) is 17.4. The van der Waals surface area contributed by atoms with Gasteiger partial charge in [0.2, 0.25) is 5.91 Å². The predicted molar refractivity (Wildman–Crippen MR) is 113 cm³/mol. The fourth-order valence-corrected chi connectivity index (χ4v) is 3.12. The molecule has 1 aliphatic rings. The lowest BCUT2D eigenvalue weighted by Gasteiger charge is -2.29. The van der Waals surface area contributed by atoms with Crippen LogP contribution in [0.1, 0.15) is 52.0 Å². The SMILES string of the molecule is CC.NC(Cc1ccc(O)cc1)C(=O)NCC1CCCCC1C(=O)O.[B]CC. The third-order valence-corrected chi connectivity index (χ3v) is 4.49. The Morgan fingerprint density at radius 1 is 1.21 bits per heavy atom. The number of rotatable bonds is 6. The van der Waals surface area contributed by atoms with Gasteiger partial charge in [0.15, 0.2) is 0 Å². The first-order valence-corrected chi connectivity index (χ1v) is 10.1. The second-order valence-electron chi connectivity index (χ2n) is 6.62. The molecule has 5 N–H and O–H groups in total. The summed E-state index contributed by atoms with van der Waals surface area (Å²) in [5.41, 5.74) is 6.77. The molecule has 1 fully saturated rings. The molecular weight excluding hydrogens is 355 g/mol. The fourth-order valence-electron chi connectivity index (χ4n) is 3.12. The van der Waals surface area contributed by atoms with Gasteiger partial charge in [0.25, 0.3) is 0 Å². The van der Waals surface area contributed by atoms with E-state index in [-0.39, 0.29) is 23.5 Å². The Bertz CT molecular complexity index is 566. The maximum absolute atomic E-state index is 12.1. The maximum atomic E-state index is 12.1. The third-order valence-electron chi connectivity index (χ3n) is 4.49. The summed E-state index contributed by atoms with van der Waals surface area (Å²) in [6, 6.07) is 5.87. The van der Waals surface area contributed by atoms with Crippen LogP contribution in [-0.4, -0.2) is 42.5 Å². The molecule has 2 rings (SSSR count). The Labute approximate surface area is 170 Å². The van der Waals surface area contributed by atoms with E-state index in [1.807, 2.05) is 20.8 Å². The van der Waals surface area contributed by atoms with Crippen LogP contribution in [-0.2, 0) is 16.0 Å². The maximum Gasteiger partial charge on any atom is 0.306 e. The van der Waals surface area contributed by atoms with E-state index in [2.05, 4.69) is 5.32 Å². The van der Waals surface area contributed by atoms with Crippen molar-refractivity contribution in [1.29, 1.82) is 0 Å². The summed E-state index contributed by atoms with van der Waals surface area (Å²) in [4.78, 5) is 23.4. The van der Waals surface area contributed by atoms with Crippen molar-refractivity contribution in [2.75, 3.05) is 6.54 Å². The molecular formula is C21H35BN2O4. The minimum absolute atomic E-state index is 0.0222.